The topological polar surface area (TPSA) is 75.6 Å². The van der Waals surface area contributed by atoms with E-state index in [1.54, 1.807) is 24.1 Å². The molecule has 1 N–H and O–H groups in total. The van der Waals surface area contributed by atoms with Crippen molar-refractivity contribution in [1.82, 2.24) is 14.9 Å². The Bertz CT molecular complexity index is 514. The number of piperidine rings is 1. The molecule has 2 aliphatic heterocycles. The zero-order valence-electron chi connectivity index (χ0n) is 11.6. The monoisotopic (exact) mass is 277 g/mol. The van der Waals surface area contributed by atoms with Crippen molar-refractivity contribution >= 4 is 5.91 Å². The van der Waals surface area contributed by atoms with Gasteiger partial charge in [0.1, 0.15) is 17.6 Å². The van der Waals surface area contributed by atoms with E-state index in [4.69, 9.17) is 4.74 Å². The SMILES string of the molecule is Cc1nccc(C(=O)N2CC[C@@]3(CCCO3)[C@@H](O)C2)n1. The van der Waals surface area contributed by atoms with Gasteiger partial charge < -0.3 is 14.7 Å². The van der Waals surface area contributed by atoms with Crippen molar-refractivity contribution < 1.29 is 14.6 Å². The number of aryl methyl sites for hydroxylation is 1. The summed E-state index contributed by atoms with van der Waals surface area (Å²) >= 11 is 0. The molecule has 1 spiro atoms. The molecular weight excluding hydrogens is 258 g/mol. The Labute approximate surface area is 117 Å². The summed E-state index contributed by atoms with van der Waals surface area (Å²) in [6, 6.07) is 1.61. The number of aliphatic hydroxyl groups is 1. The highest BCUT2D eigenvalue weighted by Crippen LogP contribution is 2.36. The van der Waals surface area contributed by atoms with Crippen molar-refractivity contribution in [2.45, 2.75) is 37.9 Å². The van der Waals surface area contributed by atoms with Gasteiger partial charge in [-0.3, -0.25) is 4.79 Å². The Morgan fingerprint density at radius 3 is 3.05 bits per heavy atom. The summed E-state index contributed by atoms with van der Waals surface area (Å²) < 4.78 is 5.73. The van der Waals surface area contributed by atoms with Crippen molar-refractivity contribution in [1.29, 1.82) is 0 Å². The summed E-state index contributed by atoms with van der Waals surface area (Å²) in [6.45, 7) is 3.36. The van der Waals surface area contributed by atoms with Crippen LogP contribution in [0.4, 0.5) is 0 Å². The third-order valence-corrected chi connectivity index (χ3v) is 4.22. The summed E-state index contributed by atoms with van der Waals surface area (Å²) in [5.41, 5.74) is -0.0498. The van der Waals surface area contributed by atoms with Crippen LogP contribution in [0.5, 0.6) is 0 Å². The standard InChI is InChI=1S/C14H19N3O3/c1-10-15-6-3-11(16-10)13(19)17-7-5-14(12(18)9-17)4-2-8-20-14/h3,6,12,18H,2,4-5,7-9H2,1H3/t12-,14-/m0/s1. The van der Waals surface area contributed by atoms with Crippen molar-refractivity contribution in [2.75, 3.05) is 19.7 Å². The van der Waals surface area contributed by atoms with Gasteiger partial charge in [-0.15, -0.1) is 0 Å². The number of aliphatic hydroxyl groups excluding tert-OH is 1. The average molecular weight is 277 g/mol. The van der Waals surface area contributed by atoms with Gasteiger partial charge in [-0.1, -0.05) is 0 Å². The van der Waals surface area contributed by atoms with Crippen LogP contribution in [0.25, 0.3) is 0 Å². The smallest absolute Gasteiger partial charge is 0.272 e. The molecule has 3 heterocycles. The fourth-order valence-electron chi connectivity index (χ4n) is 3.06. The molecule has 108 valence electrons. The second kappa shape index (κ2) is 5.10. The van der Waals surface area contributed by atoms with Crippen LogP contribution in [0.3, 0.4) is 0 Å². The largest absolute Gasteiger partial charge is 0.388 e. The Kier molecular flexibility index (Phi) is 3.43. The van der Waals surface area contributed by atoms with E-state index in [-0.39, 0.29) is 5.91 Å². The maximum atomic E-state index is 12.4. The van der Waals surface area contributed by atoms with Crippen molar-refractivity contribution in [3.63, 3.8) is 0 Å². The first-order valence-corrected chi connectivity index (χ1v) is 7.02. The fraction of sp³-hybridized carbons (Fsp3) is 0.643. The second-order valence-electron chi connectivity index (χ2n) is 5.52. The van der Waals surface area contributed by atoms with Crippen molar-refractivity contribution in [3.8, 4) is 0 Å². The number of β-amino-alcohol motifs (C(OH)–C–C–N with tert-alkyl or cyclic N) is 1. The predicted octanol–water partition coefficient (Wildman–Crippen LogP) is 0.541. The Balaban J connectivity index is 1.72. The molecule has 0 aromatic carbocycles. The minimum atomic E-state index is -0.620. The quantitative estimate of drug-likeness (QED) is 0.811. The summed E-state index contributed by atoms with van der Waals surface area (Å²) in [5, 5.41) is 10.3. The lowest BCUT2D eigenvalue weighted by atomic mass is 9.86. The molecule has 6 heteroatoms. The Hall–Kier alpha value is -1.53. The van der Waals surface area contributed by atoms with Gasteiger partial charge in [0.05, 0.1) is 5.60 Å². The van der Waals surface area contributed by atoms with Crippen LogP contribution < -0.4 is 0 Å². The zero-order chi connectivity index (χ0) is 14.2. The number of ether oxygens (including phenoxy) is 1. The van der Waals surface area contributed by atoms with Crippen LogP contribution in [0, 0.1) is 6.92 Å². The number of hydrogen-bond acceptors (Lipinski definition) is 5. The molecule has 6 nitrogen and oxygen atoms in total. The number of hydrogen-bond donors (Lipinski definition) is 1. The minimum Gasteiger partial charge on any atom is -0.388 e. The first-order chi connectivity index (χ1) is 9.61. The molecule has 0 unspecified atom stereocenters. The maximum absolute atomic E-state index is 12.4. The number of amides is 1. The number of aromatic nitrogens is 2. The van der Waals surface area contributed by atoms with E-state index in [9.17, 15) is 9.90 Å². The van der Waals surface area contributed by atoms with Crippen LogP contribution in [-0.4, -0.2) is 57.3 Å². The van der Waals surface area contributed by atoms with E-state index >= 15 is 0 Å². The van der Waals surface area contributed by atoms with Crippen LogP contribution in [-0.2, 0) is 4.74 Å². The Morgan fingerprint density at radius 2 is 2.40 bits per heavy atom. The molecule has 0 bridgehead atoms. The molecular formula is C14H19N3O3. The van der Waals surface area contributed by atoms with Gasteiger partial charge in [-0.2, -0.15) is 0 Å². The number of likely N-dealkylation sites (tertiary alicyclic amines) is 1. The molecule has 2 aliphatic rings. The van der Waals surface area contributed by atoms with E-state index in [0.29, 0.717) is 37.6 Å². The predicted molar refractivity (Wildman–Crippen MR) is 71.2 cm³/mol. The van der Waals surface area contributed by atoms with Gasteiger partial charge in [0, 0.05) is 25.9 Å². The molecule has 2 fully saturated rings. The fourth-order valence-corrected chi connectivity index (χ4v) is 3.06. The lowest BCUT2D eigenvalue weighted by molar-refractivity contribution is -0.123. The highest BCUT2D eigenvalue weighted by Gasteiger charge is 2.46. The van der Waals surface area contributed by atoms with Gasteiger partial charge in [-0.05, 0) is 32.3 Å². The summed E-state index contributed by atoms with van der Waals surface area (Å²) in [7, 11) is 0. The molecule has 1 aromatic heterocycles. The Morgan fingerprint density at radius 1 is 1.55 bits per heavy atom. The van der Waals surface area contributed by atoms with Gasteiger partial charge in [0.2, 0.25) is 0 Å². The van der Waals surface area contributed by atoms with Gasteiger partial charge in [0.15, 0.2) is 0 Å². The lowest BCUT2D eigenvalue weighted by Crippen LogP contribution is -2.56. The molecule has 2 saturated heterocycles. The number of nitrogens with zero attached hydrogens (tertiary/aromatic N) is 3. The molecule has 1 amide bonds. The highest BCUT2D eigenvalue weighted by molar-refractivity contribution is 5.92. The number of rotatable bonds is 1. The second-order valence-corrected chi connectivity index (χ2v) is 5.52. The van der Waals surface area contributed by atoms with E-state index in [0.717, 1.165) is 12.8 Å². The zero-order valence-corrected chi connectivity index (χ0v) is 11.6. The third-order valence-electron chi connectivity index (χ3n) is 4.22. The molecule has 0 aliphatic carbocycles. The average Bonchev–Trinajstić information content (AvgIpc) is 2.91. The molecule has 3 rings (SSSR count). The van der Waals surface area contributed by atoms with E-state index in [1.165, 1.54) is 0 Å². The van der Waals surface area contributed by atoms with Crippen LogP contribution in [0.15, 0.2) is 12.3 Å². The summed E-state index contributed by atoms with van der Waals surface area (Å²) in [4.78, 5) is 22.2. The van der Waals surface area contributed by atoms with E-state index < -0.39 is 11.7 Å². The first-order valence-electron chi connectivity index (χ1n) is 7.02. The van der Waals surface area contributed by atoms with Gasteiger partial charge in [0.25, 0.3) is 5.91 Å². The van der Waals surface area contributed by atoms with E-state index in [2.05, 4.69) is 9.97 Å². The molecule has 0 saturated carbocycles. The highest BCUT2D eigenvalue weighted by atomic mass is 16.5. The third kappa shape index (κ3) is 2.29. The maximum Gasteiger partial charge on any atom is 0.272 e. The lowest BCUT2D eigenvalue weighted by Gasteiger charge is -2.42. The van der Waals surface area contributed by atoms with Crippen LogP contribution in [0.2, 0.25) is 0 Å². The molecule has 20 heavy (non-hydrogen) atoms. The number of carbonyl (C=O) groups is 1. The minimum absolute atomic E-state index is 0.151. The van der Waals surface area contributed by atoms with Crippen molar-refractivity contribution in [2.24, 2.45) is 0 Å². The molecule has 1 aromatic rings. The summed E-state index contributed by atoms with van der Waals surface area (Å²) in [5.74, 6) is 0.423. The summed E-state index contributed by atoms with van der Waals surface area (Å²) in [6.07, 6.45) is 3.51. The van der Waals surface area contributed by atoms with Crippen molar-refractivity contribution in [3.05, 3.63) is 23.8 Å². The van der Waals surface area contributed by atoms with Crippen LogP contribution in [0.1, 0.15) is 35.6 Å². The van der Waals surface area contributed by atoms with Crippen LogP contribution >= 0.6 is 0 Å². The van der Waals surface area contributed by atoms with Gasteiger partial charge >= 0.3 is 0 Å². The van der Waals surface area contributed by atoms with E-state index in [1.807, 2.05) is 0 Å². The van der Waals surface area contributed by atoms with Gasteiger partial charge in [-0.25, -0.2) is 9.97 Å². The normalized spacial score (nSPS) is 29.9. The first kappa shape index (κ1) is 13.5. The molecule has 0 radical (unpaired) electrons. The number of carbonyl (C=O) groups excluding carboxylic acids is 1. The molecule has 2 atom stereocenters.